The molecule has 0 unspecified atom stereocenters. The van der Waals surface area contributed by atoms with Crippen LogP contribution in [0.2, 0.25) is 0 Å². The highest BCUT2D eigenvalue weighted by atomic mass is 32.1. The molecule has 1 amide bonds. The molecule has 0 aliphatic heterocycles. The Kier molecular flexibility index (Phi) is 4.40. The predicted molar refractivity (Wildman–Crippen MR) is 84.9 cm³/mol. The van der Waals surface area contributed by atoms with E-state index in [9.17, 15) is 4.79 Å². The number of amides is 1. The number of likely N-dealkylation sites (N-methyl/N-ethyl adjacent to an activating group) is 1. The molecule has 2 rings (SSSR count). The third kappa shape index (κ3) is 2.99. The number of hydrogen-bond donors (Lipinski definition) is 2. The van der Waals surface area contributed by atoms with Crippen molar-refractivity contribution in [2.75, 3.05) is 20.6 Å². The molecule has 1 fully saturated rings. The molecule has 1 aromatic rings. The summed E-state index contributed by atoms with van der Waals surface area (Å²) in [5.41, 5.74) is 7.09. The van der Waals surface area contributed by atoms with Crippen molar-refractivity contribution in [1.82, 2.24) is 10.2 Å². The van der Waals surface area contributed by atoms with Crippen molar-refractivity contribution in [3.63, 3.8) is 0 Å². The van der Waals surface area contributed by atoms with E-state index in [-0.39, 0.29) is 11.4 Å². The second kappa shape index (κ2) is 5.89. The Morgan fingerprint density at radius 3 is 2.25 bits per heavy atom. The molecule has 0 bridgehead atoms. The van der Waals surface area contributed by atoms with Gasteiger partial charge in [0.25, 0.3) is 5.91 Å². The van der Waals surface area contributed by atoms with Crippen molar-refractivity contribution in [2.24, 2.45) is 5.73 Å². The van der Waals surface area contributed by atoms with Crippen LogP contribution in [0.5, 0.6) is 0 Å². The van der Waals surface area contributed by atoms with Gasteiger partial charge in [-0.05, 0) is 45.5 Å². The van der Waals surface area contributed by atoms with E-state index in [0.29, 0.717) is 17.1 Å². The lowest BCUT2D eigenvalue weighted by Crippen LogP contribution is -2.57. The zero-order valence-electron chi connectivity index (χ0n) is 12.0. The molecule has 1 aliphatic rings. The van der Waals surface area contributed by atoms with Crippen molar-refractivity contribution in [3.8, 4) is 0 Å². The quantitative estimate of drug-likeness (QED) is 0.808. The summed E-state index contributed by atoms with van der Waals surface area (Å²) in [6.45, 7) is 0.690. The van der Waals surface area contributed by atoms with Gasteiger partial charge in [0, 0.05) is 23.2 Å². The zero-order chi connectivity index (χ0) is 14.8. The standard InChI is InChI=1S/C15H21N3OS/c1-18(2)15(8-3-9-15)10-17-14(19)12-6-4-11(5-7-12)13(16)20/h4-7H,3,8-10H2,1-2H3,(H2,16,20)(H,17,19). The molecule has 20 heavy (non-hydrogen) atoms. The van der Waals surface area contributed by atoms with Gasteiger partial charge >= 0.3 is 0 Å². The van der Waals surface area contributed by atoms with E-state index < -0.39 is 0 Å². The van der Waals surface area contributed by atoms with Crippen molar-refractivity contribution < 1.29 is 4.79 Å². The van der Waals surface area contributed by atoms with E-state index in [1.54, 1.807) is 24.3 Å². The van der Waals surface area contributed by atoms with E-state index in [0.717, 1.165) is 18.4 Å². The molecule has 1 saturated carbocycles. The van der Waals surface area contributed by atoms with Crippen LogP contribution in [0.15, 0.2) is 24.3 Å². The number of carbonyl (C=O) groups excluding carboxylic acids is 1. The van der Waals surface area contributed by atoms with Gasteiger partial charge in [0.2, 0.25) is 0 Å². The van der Waals surface area contributed by atoms with Crippen LogP contribution >= 0.6 is 12.2 Å². The van der Waals surface area contributed by atoms with Crippen LogP contribution in [-0.2, 0) is 0 Å². The largest absolute Gasteiger partial charge is 0.389 e. The highest BCUT2D eigenvalue weighted by molar-refractivity contribution is 7.80. The van der Waals surface area contributed by atoms with E-state index in [1.165, 1.54) is 6.42 Å². The predicted octanol–water partition coefficient (Wildman–Crippen LogP) is 1.53. The van der Waals surface area contributed by atoms with E-state index in [4.69, 9.17) is 18.0 Å². The van der Waals surface area contributed by atoms with E-state index >= 15 is 0 Å². The zero-order valence-corrected chi connectivity index (χ0v) is 12.8. The number of hydrogen-bond acceptors (Lipinski definition) is 3. The van der Waals surface area contributed by atoms with Gasteiger partial charge in [0.15, 0.2) is 0 Å². The molecule has 1 aliphatic carbocycles. The maximum absolute atomic E-state index is 12.1. The summed E-state index contributed by atoms with van der Waals surface area (Å²) in [7, 11) is 4.14. The molecule has 0 atom stereocenters. The molecule has 1 aromatic carbocycles. The van der Waals surface area contributed by atoms with Crippen molar-refractivity contribution in [2.45, 2.75) is 24.8 Å². The van der Waals surface area contributed by atoms with Crippen LogP contribution in [-0.4, -0.2) is 42.0 Å². The molecule has 0 heterocycles. The molecule has 3 N–H and O–H groups in total. The van der Waals surface area contributed by atoms with Gasteiger partial charge in [-0.15, -0.1) is 0 Å². The topological polar surface area (TPSA) is 58.4 Å². The molecular weight excluding hydrogens is 270 g/mol. The summed E-state index contributed by atoms with van der Waals surface area (Å²) in [6.07, 6.45) is 3.51. The van der Waals surface area contributed by atoms with Gasteiger partial charge < -0.3 is 16.0 Å². The summed E-state index contributed by atoms with van der Waals surface area (Å²) < 4.78 is 0. The first kappa shape index (κ1) is 14.9. The summed E-state index contributed by atoms with van der Waals surface area (Å²) in [4.78, 5) is 14.7. The molecular formula is C15H21N3OS. The molecule has 0 spiro atoms. The SMILES string of the molecule is CN(C)C1(CNC(=O)c2ccc(C(N)=S)cc2)CCC1. The molecule has 108 valence electrons. The van der Waals surface area contributed by atoms with Crippen LogP contribution in [0.1, 0.15) is 35.2 Å². The van der Waals surface area contributed by atoms with Crippen LogP contribution in [0.25, 0.3) is 0 Å². The Morgan fingerprint density at radius 2 is 1.85 bits per heavy atom. The van der Waals surface area contributed by atoms with Gasteiger partial charge in [0.1, 0.15) is 4.99 Å². The third-order valence-corrected chi connectivity index (χ3v) is 4.48. The van der Waals surface area contributed by atoms with Gasteiger partial charge in [-0.25, -0.2) is 0 Å². The molecule has 5 heteroatoms. The highest BCUT2D eigenvalue weighted by Crippen LogP contribution is 2.35. The lowest BCUT2D eigenvalue weighted by atomic mass is 9.75. The Labute approximate surface area is 125 Å². The van der Waals surface area contributed by atoms with Crippen molar-refractivity contribution >= 4 is 23.1 Å². The fourth-order valence-electron chi connectivity index (χ4n) is 2.50. The number of thiocarbonyl (C=S) groups is 1. The minimum atomic E-state index is -0.0485. The van der Waals surface area contributed by atoms with Crippen molar-refractivity contribution in [1.29, 1.82) is 0 Å². The first-order valence-electron chi connectivity index (χ1n) is 6.80. The minimum absolute atomic E-state index is 0.0485. The Balaban J connectivity index is 1.96. The van der Waals surface area contributed by atoms with Gasteiger partial charge in [0.05, 0.1) is 0 Å². The highest BCUT2D eigenvalue weighted by Gasteiger charge is 2.39. The van der Waals surface area contributed by atoms with Gasteiger partial charge in [-0.3, -0.25) is 4.79 Å². The lowest BCUT2D eigenvalue weighted by Gasteiger charge is -2.47. The molecule has 0 radical (unpaired) electrons. The first-order valence-corrected chi connectivity index (χ1v) is 7.21. The number of nitrogens with one attached hydrogen (secondary N) is 1. The average molecular weight is 291 g/mol. The van der Waals surface area contributed by atoms with Crippen LogP contribution in [0.3, 0.4) is 0 Å². The Bertz CT molecular complexity index is 506. The number of nitrogens with two attached hydrogens (primary N) is 1. The normalized spacial score (nSPS) is 16.6. The number of rotatable bonds is 5. The van der Waals surface area contributed by atoms with Crippen LogP contribution in [0.4, 0.5) is 0 Å². The summed E-state index contributed by atoms with van der Waals surface area (Å²) in [5, 5.41) is 3.03. The molecule has 4 nitrogen and oxygen atoms in total. The number of benzene rings is 1. The minimum Gasteiger partial charge on any atom is -0.389 e. The maximum Gasteiger partial charge on any atom is 0.251 e. The third-order valence-electron chi connectivity index (χ3n) is 4.24. The van der Waals surface area contributed by atoms with E-state index in [2.05, 4.69) is 24.3 Å². The first-order chi connectivity index (χ1) is 9.44. The number of nitrogens with zero attached hydrogens (tertiary/aromatic N) is 1. The summed E-state index contributed by atoms with van der Waals surface area (Å²) >= 11 is 4.89. The second-order valence-corrected chi connectivity index (χ2v) is 6.04. The second-order valence-electron chi connectivity index (χ2n) is 5.60. The van der Waals surface area contributed by atoms with Crippen LogP contribution < -0.4 is 11.1 Å². The van der Waals surface area contributed by atoms with E-state index in [1.807, 2.05) is 0 Å². The fraction of sp³-hybridized carbons (Fsp3) is 0.467. The number of carbonyl (C=O) groups is 1. The van der Waals surface area contributed by atoms with Crippen LogP contribution in [0, 0.1) is 0 Å². The average Bonchev–Trinajstić information content (AvgIpc) is 2.36. The molecule has 0 aromatic heterocycles. The maximum atomic E-state index is 12.1. The molecule has 0 saturated heterocycles. The summed E-state index contributed by atoms with van der Waals surface area (Å²) in [6, 6.07) is 7.07. The Morgan fingerprint density at radius 1 is 1.30 bits per heavy atom. The Hall–Kier alpha value is -1.46. The monoisotopic (exact) mass is 291 g/mol. The lowest BCUT2D eigenvalue weighted by molar-refractivity contribution is 0.0557. The van der Waals surface area contributed by atoms with Crippen molar-refractivity contribution in [3.05, 3.63) is 35.4 Å². The fourth-order valence-corrected chi connectivity index (χ4v) is 2.64. The van der Waals surface area contributed by atoms with Gasteiger partial charge in [-0.1, -0.05) is 24.4 Å². The summed E-state index contributed by atoms with van der Waals surface area (Å²) in [5.74, 6) is -0.0485. The smallest absolute Gasteiger partial charge is 0.251 e. The van der Waals surface area contributed by atoms with Gasteiger partial charge in [-0.2, -0.15) is 0 Å².